The van der Waals surface area contributed by atoms with Gasteiger partial charge in [0.1, 0.15) is 0 Å². The number of benzene rings is 1. The molecule has 1 saturated heterocycles. The van der Waals surface area contributed by atoms with Gasteiger partial charge in [-0.25, -0.2) is 0 Å². The van der Waals surface area contributed by atoms with Crippen molar-refractivity contribution in [2.75, 3.05) is 6.54 Å². The second kappa shape index (κ2) is 5.62. The average molecular weight is 299 g/mol. The lowest BCUT2D eigenvalue weighted by atomic mass is 10.2. The molecule has 0 aliphatic carbocycles. The predicted octanol–water partition coefficient (Wildman–Crippen LogP) is 0.788. The van der Waals surface area contributed by atoms with Crippen LogP contribution in [0.5, 0.6) is 0 Å². The summed E-state index contributed by atoms with van der Waals surface area (Å²) in [4.78, 5) is 11.7. The summed E-state index contributed by atoms with van der Waals surface area (Å²) in [7, 11) is 0. The second-order valence-electron chi connectivity index (χ2n) is 4.19. The fourth-order valence-corrected chi connectivity index (χ4v) is 2.10. The van der Waals surface area contributed by atoms with E-state index < -0.39 is 6.10 Å². The van der Waals surface area contributed by atoms with Crippen molar-refractivity contribution >= 4 is 21.8 Å². The molecular weight excluding hydrogens is 284 g/mol. The Hall–Kier alpha value is -0.910. The zero-order valence-electron chi connectivity index (χ0n) is 9.32. The van der Waals surface area contributed by atoms with Crippen LogP contribution >= 0.6 is 15.9 Å². The number of aliphatic hydroxyl groups is 1. The van der Waals surface area contributed by atoms with E-state index in [1.54, 1.807) is 0 Å². The molecule has 0 radical (unpaired) electrons. The van der Waals surface area contributed by atoms with Crippen molar-refractivity contribution in [1.82, 2.24) is 10.6 Å². The van der Waals surface area contributed by atoms with Crippen molar-refractivity contribution in [3.63, 3.8) is 0 Å². The van der Waals surface area contributed by atoms with Crippen molar-refractivity contribution in [2.45, 2.75) is 25.1 Å². The zero-order valence-corrected chi connectivity index (χ0v) is 10.9. The van der Waals surface area contributed by atoms with Crippen molar-refractivity contribution in [3.05, 3.63) is 34.3 Å². The van der Waals surface area contributed by atoms with Gasteiger partial charge in [0, 0.05) is 17.6 Å². The highest BCUT2D eigenvalue weighted by atomic mass is 79.9. The number of halogens is 1. The zero-order chi connectivity index (χ0) is 12.3. The van der Waals surface area contributed by atoms with Gasteiger partial charge in [0.05, 0.1) is 12.1 Å². The van der Waals surface area contributed by atoms with E-state index in [1.165, 1.54) is 0 Å². The molecule has 0 aromatic heterocycles. The Labute approximate surface area is 109 Å². The van der Waals surface area contributed by atoms with E-state index >= 15 is 0 Å². The standard InChI is InChI=1S/C12H15BrN2O2/c13-9-3-1-8(2-4-9)6-15-12(17)11-5-10(16)7-14-11/h1-4,10-11,14,16H,5-7H2,(H,15,17)/t10-,11+/m0/s1. The maximum absolute atomic E-state index is 11.7. The van der Waals surface area contributed by atoms with Crippen molar-refractivity contribution in [1.29, 1.82) is 0 Å². The topological polar surface area (TPSA) is 61.4 Å². The summed E-state index contributed by atoms with van der Waals surface area (Å²) < 4.78 is 1.02. The maximum atomic E-state index is 11.7. The monoisotopic (exact) mass is 298 g/mol. The summed E-state index contributed by atoms with van der Waals surface area (Å²) in [6, 6.07) is 7.54. The number of hydrogen-bond donors (Lipinski definition) is 3. The fraction of sp³-hybridized carbons (Fsp3) is 0.417. The first-order valence-corrected chi connectivity index (χ1v) is 6.38. The van der Waals surface area contributed by atoms with Crippen LogP contribution in [0, 0.1) is 0 Å². The van der Waals surface area contributed by atoms with Gasteiger partial charge in [-0.15, -0.1) is 0 Å². The van der Waals surface area contributed by atoms with Crippen LogP contribution in [0.3, 0.4) is 0 Å². The lowest BCUT2D eigenvalue weighted by Gasteiger charge is -2.11. The molecule has 4 nitrogen and oxygen atoms in total. The molecule has 0 bridgehead atoms. The summed E-state index contributed by atoms with van der Waals surface area (Å²) in [6.45, 7) is 1.01. The summed E-state index contributed by atoms with van der Waals surface area (Å²) in [5.74, 6) is -0.0514. The molecule has 1 fully saturated rings. The van der Waals surface area contributed by atoms with Crippen molar-refractivity contribution in [2.24, 2.45) is 0 Å². The molecule has 92 valence electrons. The Bertz CT molecular complexity index is 394. The molecule has 1 aliphatic rings. The summed E-state index contributed by atoms with van der Waals surface area (Å²) in [6.07, 6.45) is 0.0880. The Balaban J connectivity index is 1.82. The minimum atomic E-state index is -0.404. The molecule has 0 spiro atoms. The third-order valence-corrected chi connectivity index (χ3v) is 3.33. The Morgan fingerprint density at radius 3 is 2.76 bits per heavy atom. The number of amides is 1. The molecule has 0 unspecified atom stereocenters. The van der Waals surface area contributed by atoms with Crippen LogP contribution in [-0.4, -0.2) is 29.7 Å². The van der Waals surface area contributed by atoms with Crippen LogP contribution in [-0.2, 0) is 11.3 Å². The van der Waals surface area contributed by atoms with E-state index in [1.807, 2.05) is 24.3 Å². The Morgan fingerprint density at radius 2 is 2.18 bits per heavy atom. The molecule has 1 aromatic carbocycles. The van der Waals surface area contributed by atoms with Crippen LogP contribution in [0.15, 0.2) is 28.7 Å². The van der Waals surface area contributed by atoms with Gasteiger partial charge in [-0.3, -0.25) is 4.79 Å². The quantitative estimate of drug-likeness (QED) is 0.773. The SMILES string of the molecule is O=C(NCc1ccc(Br)cc1)[C@H]1C[C@H](O)CN1. The molecule has 2 rings (SSSR count). The molecule has 17 heavy (non-hydrogen) atoms. The maximum Gasteiger partial charge on any atom is 0.237 e. The first kappa shape index (κ1) is 12.5. The van der Waals surface area contributed by atoms with Crippen LogP contribution in [0.2, 0.25) is 0 Å². The van der Waals surface area contributed by atoms with Gasteiger partial charge < -0.3 is 15.7 Å². The minimum Gasteiger partial charge on any atom is -0.392 e. The second-order valence-corrected chi connectivity index (χ2v) is 5.11. The molecule has 0 saturated carbocycles. The van der Waals surface area contributed by atoms with E-state index in [2.05, 4.69) is 26.6 Å². The summed E-state index contributed by atoms with van der Waals surface area (Å²) >= 11 is 3.36. The van der Waals surface area contributed by atoms with Gasteiger partial charge in [-0.1, -0.05) is 28.1 Å². The largest absolute Gasteiger partial charge is 0.392 e. The van der Waals surface area contributed by atoms with Crippen molar-refractivity contribution < 1.29 is 9.90 Å². The smallest absolute Gasteiger partial charge is 0.237 e. The third-order valence-electron chi connectivity index (χ3n) is 2.80. The van der Waals surface area contributed by atoms with E-state index in [4.69, 9.17) is 0 Å². The lowest BCUT2D eigenvalue weighted by Crippen LogP contribution is -2.39. The number of β-amino-alcohol motifs (C(OH)–C–C–N with tert-alkyl or cyclic N) is 1. The number of carbonyl (C=O) groups excluding carboxylic acids is 1. The molecule has 1 aliphatic heterocycles. The highest BCUT2D eigenvalue weighted by Gasteiger charge is 2.27. The summed E-state index contributed by atoms with van der Waals surface area (Å²) in [5.41, 5.74) is 1.06. The van der Waals surface area contributed by atoms with E-state index in [9.17, 15) is 9.90 Å². The van der Waals surface area contributed by atoms with Crippen LogP contribution in [0.1, 0.15) is 12.0 Å². The van der Waals surface area contributed by atoms with Gasteiger partial charge in [-0.05, 0) is 24.1 Å². The number of nitrogens with one attached hydrogen (secondary N) is 2. The van der Waals surface area contributed by atoms with Gasteiger partial charge in [0.2, 0.25) is 5.91 Å². The van der Waals surface area contributed by atoms with E-state index in [0.29, 0.717) is 19.5 Å². The van der Waals surface area contributed by atoms with E-state index in [0.717, 1.165) is 10.0 Å². The lowest BCUT2D eigenvalue weighted by molar-refractivity contribution is -0.123. The predicted molar refractivity (Wildman–Crippen MR) is 68.4 cm³/mol. The van der Waals surface area contributed by atoms with Gasteiger partial charge in [0.25, 0.3) is 0 Å². The molecule has 2 atom stereocenters. The first-order chi connectivity index (χ1) is 8.15. The van der Waals surface area contributed by atoms with Crippen LogP contribution < -0.4 is 10.6 Å². The molecular formula is C12H15BrN2O2. The molecule has 1 heterocycles. The fourth-order valence-electron chi connectivity index (χ4n) is 1.83. The van der Waals surface area contributed by atoms with Crippen LogP contribution in [0.4, 0.5) is 0 Å². The number of hydrogen-bond acceptors (Lipinski definition) is 3. The van der Waals surface area contributed by atoms with E-state index in [-0.39, 0.29) is 11.9 Å². The third kappa shape index (κ3) is 3.52. The minimum absolute atomic E-state index is 0.0514. The van der Waals surface area contributed by atoms with Crippen LogP contribution in [0.25, 0.3) is 0 Å². The van der Waals surface area contributed by atoms with Gasteiger partial charge in [-0.2, -0.15) is 0 Å². The summed E-state index contributed by atoms with van der Waals surface area (Å²) in [5, 5.41) is 15.2. The molecule has 1 aromatic rings. The Kier molecular flexibility index (Phi) is 4.15. The number of rotatable bonds is 3. The number of carbonyl (C=O) groups is 1. The molecule has 5 heteroatoms. The average Bonchev–Trinajstić information content (AvgIpc) is 2.75. The van der Waals surface area contributed by atoms with Gasteiger partial charge in [0.15, 0.2) is 0 Å². The highest BCUT2D eigenvalue weighted by molar-refractivity contribution is 9.10. The van der Waals surface area contributed by atoms with Gasteiger partial charge >= 0.3 is 0 Å². The first-order valence-electron chi connectivity index (χ1n) is 5.59. The molecule has 1 amide bonds. The number of aliphatic hydroxyl groups excluding tert-OH is 1. The highest BCUT2D eigenvalue weighted by Crippen LogP contribution is 2.11. The molecule has 3 N–H and O–H groups in total. The van der Waals surface area contributed by atoms with Crippen molar-refractivity contribution in [3.8, 4) is 0 Å². The Morgan fingerprint density at radius 1 is 1.47 bits per heavy atom. The normalized spacial score (nSPS) is 23.6.